The van der Waals surface area contributed by atoms with Gasteiger partial charge in [0, 0.05) is 12.3 Å². The van der Waals surface area contributed by atoms with Crippen LogP contribution in [-0.2, 0) is 22.3 Å². The van der Waals surface area contributed by atoms with Crippen LogP contribution in [-0.4, -0.2) is 29.2 Å². The third-order valence-corrected chi connectivity index (χ3v) is 10.3. The molecule has 160 valence electrons. The van der Waals surface area contributed by atoms with Crippen molar-refractivity contribution in [2.75, 3.05) is 6.61 Å². The van der Waals surface area contributed by atoms with Crippen LogP contribution >= 0.6 is 0 Å². The average Bonchev–Trinajstić information content (AvgIpc) is 3.30. The largest absolute Gasteiger partial charge is 0.353 e. The highest BCUT2D eigenvalue weighted by Gasteiger charge is 2.60. The molecule has 2 heterocycles. The molecule has 8 atom stereocenters. The summed E-state index contributed by atoms with van der Waals surface area (Å²) in [5.74, 6) is 3.46. The van der Waals surface area contributed by atoms with E-state index in [1.807, 2.05) is 0 Å². The molecule has 1 aliphatic heterocycles. The minimum Gasteiger partial charge on any atom is -0.353 e. The Labute approximate surface area is 175 Å². The van der Waals surface area contributed by atoms with Gasteiger partial charge in [0.1, 0.15) is 0 Å². The number of aromatic amines is 1. The zero-order valence-corrected chi connectivity index (χ0v) is 18.3. The first-order valence-electron chi connectivity index (χ1n) is 12.4. The van der Waals surface area contributed by atoms with Crippen molar-refractivity contribution >= 4 is 0 Å². The smallest absolute Gasteiger partial charge is 0.157 e. The molecule has 1 aromatic rings. The number of ether oxygens (including phenoxy) is 2. The van der Waals surface area contributed by atoms with Crippen molar-refractivity contribution in [3.05, 3.63) is 17.5 Å². The molecule has 1 N–H and O–H groups in total. The van der Waals surface area contributed by atoms with Crippen molar-refractivity contribution in [1.82, 2.24) is 10.2 Å². The molecule has 0 spiro atoms. The minimum atomic E-state index is 0.0631. The van der Waals surface area contributed by atoms with E-state index >= 15 is 0 Å². The lowest BCUT2D eigenvalue weighted by atomic mass is 9.45. The molecule has 29 heavy (non-hydrogen) atoms. The Balaban J connectivity index is 1.23. The summed E-state index contributed by atoms with van der Waals surface area (Å²) in [5, 5.41) is 7.66. The van der Waals surface area contributed by atoms with Gasteiger partial charge >= 0.3 is 0 Å². The van der Waals surface area contributed by atoms with Crippen molar-refractivity contribution in [3.8, 4) is 0 Å². The van der Waals surface area contributed by atoms with Crippen LogP contribution in [0.25, 0.3) is 0 Å². The molecular formula is C25H38N2O2. The molecule has 1 aromatic heterocycles. The van der Waals surface area contributed by atoms with Gasteiger partial charge in [0.2, 0.25) is 0 Å². The van der Waals surface area contributed by atoms with E-state index in [1.54, 1.807) is 0 Å². The van der Waals surface area contributed by atoms with Crippen LogP contribution in [0.4, 0.5) is 0 Å². The highest BCUT2D eigenvalue weighted by atomic mass is 16.7. The number of aromatic nitrogens is 2. The molecule has 4 fully saturated rings. The second kappa shape index (κ2) is 6.82. The lowest BCUT2D eigenvalue weighted by molar-refractivity contribution is -0.218. The van der Waals surface area contributed by atoms with Crippen molar-refractivity contribution < 1.29 is 9.47 Å². The molecular weight excluding hydrogens is 360 g/mol. The predicted molar refractivity (Wildman–Crippen MR) is 112 cm³/mol. The van der Waals surface area contributed by atoms with Crippen LogP contribution < -0.4 is 0 Å². The van der Waals surface area contributed by atoms with Crippen molar-refractivity contribution in [3.63, 3.8) is 0 Å². The Morgan fingerprint density at radius 3 is 2.79 bits per heavy atom. The third-order valence-electron chi connectivity index (χ3n) is 10.3. The fourth-order valence-electron chi connectivity index (χ4n) is 8.65. The third kappa shape index (κ3) is 2.81. The first-order chi connectivity index (χ1) is 14.1. The number of hydrogen-bond donors (Lipinski definition) is 1. The Kier molecular flexibility index (Phi) is 4.43. The van der Waals surface area contributed by atoms with Gasteiger partial charge in [-0.25, -0.2) is 0 Å². The van der Waals surface area contributed by atoms with E-state index in [2.05, 4.69) is 30.2 Å². The number of H-pyrrole nitrogens is 1. The lowest BCUT2D eigenvalue weighted by Crippen LogP contribution is -2.55. The number of hydrogen-bond acceptors (Lipinski definition) is 3. The van der Waals surface area contributed by atoms with Crippen LogP contribution in [0.1, 0.15) is 82.9 Å². The fraction of sp³-hybridized carbons (Fsp3) is 0.880. The number of nitrogens with zero attached hydrogens (tertiary/aromatic N) is 1. The lowest BCUT2D eigenvalue weighted by Gasteiger charge is -2.60. The molecule has 0 amide bonds. The fourth-order valence-corrected chi connectivity index (χ4v) is 8.65. The standard InChI is InChI=1S/C25H38N2O2/c1-24-11-10-20-18(19(24)8-9-22(24)29-23-5-3-4-12-28-23)7-6-17-13-21-16(15-26-27-21)14-25(17,20)2/h15,17-20,22-23H,3-14H2,1-2H3,(H,26,27)/t17-,18-,19-,20-,22-,23?,24-,25-/m1/s1. The van der Waals surface area contributed by atoms with Gasteiger partial charge in [-0.3, -0.25) is 5.10 Å². The first kappa shape index (κ1) is 18.9. The van der Waals surface area contributed by atoms with Gasteiger partial charge in [0.15, 0.2) is 6.29 Å². The van der Waals surface area contributed by atoms with Gasteiger partial charge in [-0.15, -0.1) is 0 Å². The monoisotopic (exact) mass is 398 g/mol. The first-order valence-corrected chi connectivity index (χ1v) is 12.4. The van der Waals surface area contributed by atoms with Crippen LogP contribution in [0.15, 0.2) is 6.20 Å². The molecule has 0 aromatic carbocycles. The number of rotatable bonds is 2. The van der Waals surface area contributed by atoms with E-state index in [-0.39, 0.29) is 6.29 Å². The normalized spacial score (nSPS) is 49.0. The molecule has 4 aliphatic carbocycles. The van der Waals surface area contributed by atoms with Crippen molar-refractivity contribution in [2.45, 2.75) is 96.9 Å². The SMILES string of the molecule is C[C@@]12Cc3cn[nH]c3C[C@H]1CC[C@H]1[C@H]2CC[C@]2(C)[C@@H]1CC[C@H]2OC1CCCCO1. The predicted octanol–water partition coefficient (Wildman–Crippen LogP) is 5.28. The minimum absolute atomic E-state index is 0.0631. The second-order valence-electron chi connectivity index (χ2n) is 11.5. The summed E-state index contributed by atoms with van der Waals surface area (Å²) in [6, 6.07) is 0. The Bertz CT molecular complexity index is 756. The molecule has 1 unspecified atom stereocenters. The van der Waals surface area contributed by atoms with Crippen molar-refractivity contribution in [1.29, 1.82) is 0 Å². The summed E-state index contributed by atoms with van der Waals surface area (Å²) >= 11 is 0. The highest BCUT2D eigenvalue weighted by molar-refractivity contribution is 5.25. The summed E-state index contributed by atoms with van der Waals surface area (Å²) in [5.41, 5.74) is 3.75. The average molecular weight is 399 g/mol. The van der Waals surface area contributed by atoms with Gasteiger partial charge in [-0.05, 0) is 111 Å². The van der Waals surface area contributed by atoms with E-state index in [0.717, 1.165) is 36.7 Å². The summed E-state index contributed by atoms with van der Waals surface area (Å²) in [7, 11) is 0. The van der Waals surface area contributed by atoms with E-state index in [4.69, 9.17) is 9.47 Å². The maximum atomic E-state index is 6.64. The van der Waals surface area contributed by atoms with Gasteiger partial charge in [0.05, 0.1) is 12.3 Å². The van der Waals surface area contributed by atoms with E-state index in [9.17, 15) is 0 Å². The molecule has 4 nitrogen and oxygen atoms in total. The van der Waals surface area contributed by atoms with Crippen LogP contribution in [0.5, 0.6) is 0 Å². The summed E-state index contributed by atoms with van der Waals surface area (Å²) in [4.78, 5) is 0. The zero-order chi connectivity index (χ0) is 19.6. The van der Waals surface area contributed by atoms with E-state index < -0.39 is 0 Å². The molecule has 0 radical (unpaired) electrons. The summed E-state index contributed by atoms with van der Waals surface area (Å²) in [6.45, 7) is 6.09. The van der Waals surface area contributed by atoms with Gasteiger partial charge in [-0.1, -0.05) is 13.8 Å². The Morgan fingerprint density at radius 1 is 1.03 bits per heavy atom. The second-order valence-corrected chi connectivity index (χ2v) is 11.5. The quantitative estimate of drug-likeness (QED) is 0.737. The summed E-state index contributed by atoms with van der Waals surface area (Å²) in [6.07, 6.45) is 16.8. The molecule has 1 saturated heterocycles. The van der Waals surface area contributed by atoms with Crippen LogP contribution in [0, 0.1) is 34.5 Å². The molecule has 5 aliphatic rings. The van der Waals surface area contributed by atoms with Crippen molar-refractivity contribution in [2.24, 2.45) is 34.5 Å². The van der Waals surface area contributed by atoms with E-state index in [0.29, 0.717) is 16.9 Å². The number of nitrogens with one attached hydrogen (secondary N) is 1. The highest BCUT2D eigenvalue weighted by Crippen LogP contribution is 2.66. The van der Waals surface area contributed by atoms with Gasteiger partial charge in [0.25, 0.3) is 0 Å². The van der Waals surface area contributed by atoms with Crippen LogP contribution in [0.3, 0.4) is 0 Å². The van der Waals surface area contributed by atoms with E-state index in [1.165, 1.54) is 75.5 Å². The maximum absolute atomic E-state index is 6.64. The van der Waals surface area contributed by atoms with Gasteiger partial charge < -0.3 is 9.47 Å². The maximum Gasteiger partial charge on any atom is 0.157 e. The molecule has 0 bridgehead atoms. The molecule has 6 rings (SSSR count). The Hall–Kier alpha value is -0.870. The molecule has 3 saturated carbocycles. The summed E-state index contributed by atoms with van der Waals surface area (Å²) < 4.78 is 12.6. The van der Waals surface area contributed by atoms with Crippen LogP contribution in [0.2, 0.25) is 0 Å². The zero-order valence-electron chi connectivity index (χ0n) is 18.3. The molecule has 4 heteroatoms. The van der Waals surface area contributed by atoms with Gasteiger partial charge in [-0.2, -0.15) is 5.10 Å². The Morgan fingerprint density at radius 2 is 1.93 bits per heavy atom. The number of fused-ring (bicyclic) bond motifs is 6. The topological polar surface area (TPSA) is 47.1 Å².